The van der Waals surface area contributed by atoms with Crippen LogP contribution >= 0.6 is 0 Å². The van der Waals surface area contributed by atoms with Crippen LogP contribution in [0.4, 0.5) is 11.6 Å². The Balaban J connectivity index is 0.00000112. The summed E-state index contributed by atoms with van der Waals surface area (Å²) in [4.78, 5) is 16.3. The summed E-state index contributed by atoms with van der Waals surface area (Å²) in [5.74, 6) is 2.16. The van der Waals surface area contributed by atoms with E-state index in [1.165, 1.54) is 6.42 Å². The third-order valence-corrected chi connectivity index (χ3v) is 5.25. The van der Waals surface area contributed by atoms with Crippen LogP contribution in [-0.2, 0) is 11.3 Å². The Morgan fingerprint density at radius 3 is 2.42 bits per heavy atom. The molecule has 1 aliphatic rings. The molecule has 0 unspecified atom stereocenters. The van der Waals surface area contributed by atoms with Crippen LogP contribution in [0.25, 0.3) is 28.2 Å². The highest BCUT2D eigenvalue weighted by molar-refractivity contribution is 5.83. The molecule has 0 atom stereocenters. The highest BCUT2D eigenvalue weighted by Crippen LogP contribution is 2.32. The highest BCUT2D eigenvalue weighted by Gasteiger charge is 2.21. The number of hydrogen-bond acceptors (Lipinski definition) is 6. The van der Waals surface area contributed by atoms with Gasteiger partial charge in [-0.3, -0.25) is 4.57 Å². The molecule has 1 aromatic carbocycles. The molecule has 0 amide bonds. The Hall–Kier alpha value is -3.45. The van der Waals surface area contributed by atoms with Crippen LogP contribution in [0, 0.1) is 0 Å². The van der Waals surface area contributed by atoms with Crippen molar-refractivity contribution in [1.29, 1.82) is 0 Å². The fraction of sp³-hybridized carbons (Fsp3) is 0.292. The summed E-state index contributed by atoms with van der Waals surface area (Å²) in [6, 6.07) is 16.1. The quantitative estimate of drug-likeness (QED) is 0.518. The van der Waals surface area contributed by atoms with Gasteiger partial charge < -0.3 is 15.4 Å². The van der Waals surface area contributed by atoms with Crippen LogP contribution < -0.4 is 10.6 Å². The number of methoxy groups -OCH3 is 1. The molecule has 0 radical (unpaired) electrons. The van der Waals surface area contributed by atoms with Crippen molar-refractivity contribution < 1.29 is 4.74 Å². The number of nitrogens with zero attached hydrogens (tertiary/aromatic N) is 5. The van der Waals surface area contributed by atoms with Gasteiger partial charge in [0.2, 0.25) is 0 Å². The number of fused-ring (bicyclic) bond motifs is 1. The van der Waals surface area contributed by atoms with Gasteiger partial charge in [0, 0.05) is 32.1 Å². The summed E-state index contributed by atoms with van der Waals surface area (Å²) in [5.41, 5.74) is 10.7. The van der Waals surface area contributed by atoms with E-state index in [4.69, 9.17) is 20.4 Å². The first-order valence-electron chi connectivity index (χ1n) is 10.7. The zero-order valence-corrected chi connectivity index (χ0v) is 18.2. The number of imidazole rings is 1. The zero-order valence-electron chi connectivity index (χ0n) is 18.2. The molecule has 7 nitrogen and oxygen atoms in total. The van der Waals surface area contributed by atoms with Crippen LogP contribution in [0.3, 0.4) is 0 Å². The van der Waals surface area contributed by atoms with Crippen molar-refractivity contribution in [3.63, 3.8) is 0 Å². The van der Waals surface area contributed by atoms with E-state index < -0.39 is 0 Å². The zero-order chi connectivity index (χ0) is 21.8. The van der Waals surface area contributed by atoms with Crippen LogP contribution in [-0.4, -0.2) is 39.7 Å². The Bertz CT molecular complexity index is 1160. The Morgan fingerprint density at radius 2 is 1.77 bits per heavy atom. The lowest BCUT2D eigenvalue weighted by atomic mass is 10.2. The van der Waals surface area contributed by atoms with Gasteiger partial charge in [0.1, 0.15) is 17.2 Å². The van der Waals surface area contributed by atoms with Gasteiger partial charge in [0.05, 0.1) is 12.2 Å². The molecule has 1 aliphatic heterocycles. The number of hydrogen-bond donors (Lipinski definition) is 1. The number of nitrogen functional groups attached to an aromatic ring is 1. The maximum Gasteiger partial charge on any atom is 0.167 e. The van der Waals surface area contributed by atoms with E-state index in [-0.39, 0.29) is 0 Å². The van der Waals surface area contributed by atoms with Gasteiger partial charge in [0.25, 0.3) is 0 Å². The fourth-order valence-electron chi connectivity index (χ4n) is 3.61. The third kappa shape index (κ3) is 3.96. The lowest BCUT2D eigenvalue weighted by molar-refractivity contribution is 0.185. The molecule has 4 heterocycles. The number of anilines is 2. The number of benzene rings is 1. The van der Waals surface area contributed by atoms with Gasteiger partial charge >= 0.3 is 0 Å². The van der Waals surface area contributed by atoms with Gasteiger partial charge in [-0.05, 0) is 48.4 Å². The van der Waals surface area contributed by atoms with Crippen molar-refractivity contribution in [3.05, 3.63) is 60.3 Å². The first kappa shape index (κ1) is 20.8. The van der Waals surface area contributed by atoms with Crippen LogP contribution in [0.5, 0.6) is 0 Å². The Morgan fingerprint density at radius 1 is 1.00 bits per heavy atom. The first-order valence-corrected chi connectivity index (χ1v) is 10.7. The Kier molecular flexibility index (Phi) is 6.13. The van der Waals surface area contributed by atoms with Crippen molar-refractivity contribution in [2.45, 2.75) is 26.9 Å². The van der Waals surface area contributed by atoms with Gasteiger partial charge in [-0.1, -0.05) is 26.0 Å². The largest absolute Gasteiger partial charge is 0.383 e. The topological polar surface area (TPSA) is 82.1 Å². The average molecular weight is 417 g/mol. The molecule has 31 heavy (non-hydrogen) atoms. The molecule has 160 valence electrons. The summed E-state index contributed by atoms with van der Waals surface area (Å²) < 4.78 is 7.29. The van der Waals surface area contributed by atoms with Gasteiger partial charge in [-0.15, -0.1) is 0 Å². The molecule has 0 spiro atoms. The van der Waals surface area contributed by atoms with E-state index in [1.54, 1.807) is 13.3 Å². The summed E-state index contributed by atoms with van der Waals surface area (Å²) in [6.45, 7) is 6.66. The second-order valence-electron chi connectivity index (χ2n) is 7.16. The normalized spacial score (nSPS) is 12.9. The molecule has 1 saturated heterocycles. The Labute approximate surface area is 182 Å². The molecular formula is C24H28N6O. The minimum absolute atomic E-state index is 0.447. The summed E-state index contributed by atoms with van der Waals surface area (Å²) in [6.07, 6.45) is 2.89. The number of aromatic nitrogens is 4. The van der Waals surface area contributed by atoms with Gasteiger partial charge in [0.15, 0.2) is 11.5 Å². The van der Waals surface area contributed by atoms with Gasteiger partial charge in [-0.25, -0.2) is 15.0 Å². The van der Waals surface area contributed by atoms with Gasteiger partial charge in [-0.2, -0.15) is 0 Å². The average Bonchev–Trinajstić information content (AvgIpc) is 3.14. The predicted octanol–water partition coefficient (Wildman–Crippen LogP) is 4.45. The molecule has 3 aromatic heterocycles. The fourth-order valence-corrected chi connectivity index (χ4v) is 3.61. The van der Waals surface area contributed by atoms with Crippen molar-refractivity contribution in [3.8, 4) is 17.1 Å². The molecule has 4 aromatic rings. The molecule has 7 heteroatoms. The van der Waals surface area contributed by atoms with Crippen molar-refractivity contribution in [2.75, 3.05) is 30.8 Å². The van der Waals surface area contributed by atoms with E-state index in [9.17, 15) is 0 Å². The van der Waals surface area contributed by atoms with Crippen LogP contribution in [0.15, 0.2) is 54.7 Å². The molecule has 1 fully saturated rings. The summed E-state index contributed by atoms with van der Waals surface area (Å²) >= 11 is 0. The molecule has 5 rings (SSSR count). The molecule has 0 aliphatic carbocycles. The SMILES string of the molecule is CC.COCc1ccc(-n2c(-c3cccnc3N)nc3ccc(N4CCC4)nc32)cc1. The van der Waals surface area contributed by atoms with Crippen molar-refractivity contribution >= 4 is 22.8 Å². The van der Waals surface area contributed by atoms with E-state index >= 15 is 0 Å². The van der Waals surface area contributed by atoms with E-state index in [0.29, 0.717) is 12.4 Å². The molecule has 2 N–H and O–H groups in total. The van der Waals surface area contributed by atoms with Crippen LogP contribution in [0.1, 0.15) is 25.8 Å². The second kappa shape index (κ2) is 9.14. The maximum atomic E-state index is 6.18. The maximum absolute atomic E-state index is 6.18. The number of ether oxygens (including phenoxy) is 1. The number of rotatable bonds is 5. The molecule has 0 bridgehead atoms. The molecular weight excluding hydrogens is 388 g/mol. The third-order valence-electron chi connectivity index (χ3n) is 5.25. The van der Waals surface area contributed by atoms with E-state index in [2.05, 4.69) is 38.7 Å². The van der Waals surface area contributed by atoms with Crippen molar-refractivity contribution in [1.82, 2.24) is 19.5 Å². The minimum Gasteiger partial charge on any atom is -0.383 e. The minimum atomic E-state index is 0.447. The lowest BCUT2D eigenvalue weighted by Gasteiger charge is -2.31. The summed E-state index contributed by atoms with van der Waals surface area (Å²) in [5, 5.41) is 0. The highest BCUT2D eigenvalue weighted by atomic mass is 16.5. The first-order chi connectivity index (χ1) is 15.2. The predicted molar refractivity (Wildman–Crippen MR) is 125 cm³/mol. The second-order valence-corrected chi connectivity index (χ2v) is 7.16. The monoisotopic (exact) mass is 416 g/mol. The summed E-state index contributed by atoms with van der Waals surface area (Å²) in [7, 11) is 1.70. The smallest absolute Gasteiger partial charge is 0.167 e. The molecule has 0 saturated carbocycles. The van der Waals surface area contributed by atoms with E-state index in [1.807, 2.05) is 38.1 Å². The van der Waals surface area contributed by atoms with Crippen LogP contribution in [0.2, 0.25) is 0 Å². The number of nitrogens with two attached hydrogens (primary N) is 1. The van der Waals surface area contributed by atoms with Crippen molar-refractivity contribution in [2.24, 2.45) is 0 Å². The number of pyridine rings is 2. The standard InChI is InChI=1S/C22H22N6O.C2H6/c1-29-14-15-5-7-16(8-6-15)28-21(17-4-2-11-24-20(17)23)25-18-9-10-19(26-22(18)28)27-12-3-13-27;1-2/h2,4-11H,3,12-14H2,1H3,(H2,23,24);1-2H3. The van der Waals surface area contributed by atoms with E-state index in [0.717, 1.165) is 52.7 Å². The lowest BCUT2D eigenvalue weighted by Crippen LogP contribution is -2.37.